The van der Waals surface area contributed by atoms with E-state index in [0.717, 1.165) is 36.5 Å². The lowest BCUT2D eigenvalue weighted by atomic mass is 9.71. The van der Waals surface area contributed by atoms with Crippen LogP contribution in [0.15, 0.2) is 24.4 Å². The molecule has 2 saturated heterocycles. The molecule has 11 heteroatoms. The number of nitrogen functional groups attached to an aromatic ring is 1. The van der Waals surface area contributed by atoms with Crippen molar-refractivity contribution < 1.29 is 13.5 Å². The number of methoxy groups -OCH3 is 1. The van der Waals surface area contributed by atoms with Gasteiger partial charge in [0, 0.05) is 55.7 Å². The van der Waals surface area contributed by atoms with Crippen LogP contribution in [-0.2, 0) is 13.1 Å². The van der Waals surface area contributed by atoms with Gasteiger partial charge in [-0.3, -0.25) is 9.58 Å². The van der Waals surface area contributed by atoms with Crippen molar-refractivity contribution in [2.75, 3.05) is 37.8 Å². The number of hydrogen-bond acceptors (Lipinski definition) is 8. The summed E-state index contributed by atoms with van der Waals surface area (Å²) in [6, 6.07) is 7.63. The number of likely N-dealkylation sites (tertiary alicyclic amines) is 1. The van der Waals surface area contributed by atoms with Gasteiger partial charge in [-0.1, -0.05) is 12.1 Å². The van der Waals surface area contributed by atoms with Crippen LogP contribution < -0.4 is 21.1 Å². The normalized spacial score (nSPS) is 29.6. The maximum absolute atomic E-state index is 13.6. The first-order valence-corrected chi connectivity index (χ1v) is 13.1. The van der Waals surface area contributed by atoms with Gasteiger partial charge >= 0.3 is 0 Å². The Morgan fingerprint density at radius 1 is 1.24 bits per heavy atom. The van der Waals surface area contributed by atoms with Gasteiger partial charge in [0.1, 0.15) is 16.8 Å². The predicted molar refractivity (Wildman–Crippen MR) is 136 cm³/mol. The molecule has 4 aliphatic rings. The van der Waals surface area contributed by atoms with E-state index in [2.05, 4.69) is 48.8 Å². The second-order valence-electron chi connectivity index (χ2n) is 11.4. The Balaban J connectivity index is 1.08. The first-order chi connectivity index (χ1) is 17.8. The molecule has 2 aliphatic heterocycles. The van der Waals surface area contributed by atoms with Crippen LogP contribution in [0.1, 0.15) is 36.8 Å². The molecule has 0 unspecified atom stereocenters. The first-order valence-electron chi connectivity index (χ1n) is 13.1. The minimum atomic E-state index is -2.48. The second kappa shape index (κ2) is 8.22. The first kappa shape index (κ1) is 23.1. The summed E-state index contributed by atoms with van der Waals surface area (Å²) in [5.41, 5.74) is 8.83. The molecule has 0 amide bonds. The fraction of sp³-hybridized carbons (Fsp3) is 0.577. The van der Waals surface area contributed by atoms with Crippen LogP contribution in [0.2, 0.25) is 0 Å². The molecular weight excluding hydrogens is 478 g/mol. The van der Waals surface area contributed by atoms with Gasteiger partial charge in [-0.15, -0.1) is 0 Å². The highest BCUT2D eigenvalue weighted by atomic mass is 19.3. The van der Waals surface area contributed by atoms with Crippen LogP contribution in [-0.4, -0.2) is 69.4 Å². The third kappa shape index (κ3) is 3.90. The largest absolute Gasteiger partial charge is 0.496 e. The Labute approximate surface area is 213 Å². The minimum Gasteiger partial charge on any atom is -0.496 e. The van der Waals surface area contributed by atoms with Gasteiger partial charge in [-0.05, 0) is 36.8 Å². The Morgan fingerprint density at radius 3 is 2.78 bits per heavy atom. The zero-order valence-electron chi connectivity index (χ0n) is 20.9. The average molecular weight is 511 g/mol. The molecule has 0 radical (unpaired) electrons. The molecule has 9 nitrogen and oxygen atoms in total. The van der Waals surface area contributed by atoms with Crippen LogP contribution in [0.25, 0.3) is 11.0 Å². The number of benzene rings is 1. The number of ether oxygens (including phenoxy) is 1. The molecule has 4 fully saturated rings. The topological polar surface area (TPSA) is 106 Å². The molecule has 2 bridgehead atoms. The molecule has 4 heterocycles. The Kier molecular flexibility index (Phi) is 5.13. The molecule has 7 rings (SSSR count). The molecule has 3 aromatic rings. The summed E-state index contributed by atoms with van der Waals surface area (Å²) >= 11 is 0. The third-order valence-corrected chi connectivity index (χ3v) is 8.86. The van der Waals surface area contributed by atoms with Crippen molar-refractivity contribution in [1.29, 1.82) is 0 Å². The highest BCUT2D eigenvalue weighted by molar-refractivity contribution is 5.86. The lowest BCUT2D eigenvalue weighted by molar-refractivity contribution is 0.00528. The number of nitrogens with two attached hydrogens (primary N) is 1. The molecule has 1 spiro atoms. The van der Waals surface area contributed by atoms with Gasteiger partial charge in [0.05, 0.1) is 19.9 Å². The number of fused-ring (bicyclic) bond motifs is 3. The lowest BCUT2D eigenvalue weighted by Gasteiger charge is -2.36. The van der Waals surface area contributed by atoms with E-state index >= 15 is 0 Å². The van der Waals surface area contributed by atoms with Crippen molar-refractivity contribution in [3.63, 3.8) is 0 Å². The standard InChI is InChI=1S/C26H32F2N8O/c1-37-21-4-15(11-35-13-18-5-19(35)9-30-18)2-3-17(21)12-36-22-20(10-32-36)33-24(29)34-23(22)31-8-16-6-25(7-16)14-26(25,27)28/h2-4,10,16,18-19,30H,5-9,11-14H2,1H3,(H3,29,31,33,34)/t16?,18-,19-,25?/m0/s1. The second-order valence-corrected chi connectivity index (χ2v) is 11.4. The van der Waals surface area contributed by atoms with E-state index < -0.39 is 11.3 Å². The van der Waals surface area contributed by atoms with E-state index in [0.29, 0.717) is 49.3 Å². The zero-order chi connectivity index (χ0) is 25.4. The van der Waals surface area contributed by atoms with Crippen LogP contribution in [0.5, 0.6) is 5.75 Å². The monoisotopic (exact) mass is 510 g/mol. The van der Waals surface area contributed by atoms with Crippen molar-refractivity contribution in [1.82, 2.24) is 30.0 Å². The number of hydrogen-bond donors (Lipinski definition) is 3. The predicted octanol–water partition coefficient (Wildman–Crippen LogP) is 2.86. The van der Waals surface area contributed by atoms with Gasteiger partial charge in [0.2, 0.25) is 5.95 Å². The lowest BCUT2D eigenvalue weighted by Crippen LogP contribution is -2.42. The maximum Gasteiger partial charge on any atom is 0.254 e. The summed E-state index contributed by atoms with van der Waals surface area (Å²) in [5, 5.41) is 11.5. The summed E-state index contributed by atoms with van der Waals surface area (Å²) in [7, 11) is 1.69. The van der Waals surface area contributed by atoms with Gasteiger partial charge in [0.25, 0.3) is 5.92 Å². The fourth-order valence-electron chi connectivity index (χ4n) is 6.77. The smallest absolute Gasteiger partial charge is 0.254 e. The molecule has 2 aliphatic carbocycles. The van der Waals surface area contributed by atoms with E-state index in [1.165, 1.54) is 12.0 Å². The summed E-state index contributed by atoms with van der Waals surface area (Å²) < 4.78 is 34.8. The molecule has 37 heavy (non-hydrogen) atoms. The molecule has 2 saturated carbocycles. The molecule has 1 aromatic carbocycles. The Morgan fingerprint density at radius 2 is 2.08 bits per heavy atom. The average Bonchev–Trinajstić information content (AvgIpc) is 3.30. The number of aromatic nitrogens is 4. The number of nitrogens with one attached hydrogen (secondary N) is 2. The van der Waals surface area contributed by atoms with Crippen LogP contribution >= 0.6 is 0 Å². The van der Waals surface area contributed by atoms with E-state index in [9.17, 15) is 8.78 Å². The number of rotatable bonds is 8. The molecule has 196 valence electrons. The van der Waals surface area contributed by atoms with E-state index in [1.54, 1.807) is 13.3 Å². The van der Waals surface area contributed by atoms with Gasteiger partial charge in [-0.2, -0.15) is 10.1 Å². The van der Waals surface area contributed by atoms with Gasteiger partial charge in [-0.25, -0.2) is 13.8 Å². The minimum absolute atomic E-state index is 0.0327. The van der Waals surface area contributed by atoms with E-state index in [1.807, 2.05) is 4.68 Å². The highest BCUT2D eigenvalue weighted by Gasteiger charge is 2.75. The quantitative estimate of drug-likeness (QED) is 0.425. The SMILES string of the molecule is COc1cc(CN2C[C@@H]3C[C@H]2CN3)ccc1Cn1ncc2nc(N)nc(NCC3CC4(C3)CC4(F)F)c21. The van der Waals surface area contributed by atoms with E-state index in [-0.39, 0.29) is 18.3 Å². The van der Waals surface area contributed by atoms with E-state index in [4.69, 9.17) is 10.5 Å². The Hall–Kier alpha value is -3.05. The Bertz CT molecular complexity index is 1350. The summed E-state index contributed by atoms with van der Waals surface area (Å²) in [6.45, 7) is 4.13. The summed E-state index contributed by atoms with van der Waals surface area (Å²) in [6.07, 6.45) is 4.05. The fourth-order valence-corrected chi connectivity index (χ4v) is 6.77. The molecule has 2 atom stereocenters. The molecule has 2 aromatic heterocycles. The van der Waals surface area contributed by atoms with Crippen molar-refractivity contribution >= 4 is 22.8 Å². The van der Waals surface area contributed by atoms with Gasteiger partial charge in [0.15, 0.2) is 5.82 Å². The zero-order valence-corrected chi connectivity index (χ0v) is 20.9. The number of piperazine rings is 1. The van der Waals surface area contributed by atoms with Gasteiger partial charge < -0.3 is 21.1 Å². The van der Waals surface area contributed by atoms with Crippen molar-refractivity contribution in [2.45, 2.75) is 56.8 Å². The van der Waals surface area contributed by atoms with Crippen molar-refractivity contribution in [2.24, 2.45) is 11.3 Å². The molecule has 4 N–H and O–H groups in total. The number of nitrogens with zero attached hydrogens (tertiary/aromatic N) is 5. The van der Waals surface area contributed by atoms with Crippen molar-refractivity contribution in [3.8, 4) is 5.75 Å². The highest BCUT2D eigenvalue weighted by Crippen LogP contribution is 2.72. The van der Waals surface area contributed by atoms with Crippen LogP contribution in [0.3, 0.4) is 0 Å². The summed E-state index contributed by atoms with van der Waals surface area (Å²) in [5.74, 6) is -0.725. The maximum atomic E-state index is 13.6. The molecular formula is C26H32F2N8O. The number of anilines is 2. The number of halogens is 2. The summed E-state index contributed by atoms with van der Waals surface area (Å²) in [4.78, 5) is 11.3. The van der Waals surface area contributed by atoms with Crippen LogP contribution in [0, 0.1) is 11.3 Å². The van der Waals surface area contributed by atoms with Crippen LogP contribution in [0.4, 0.5) is 20.5 Å². The third-order valence-electron chi connectivity index (χ3n) is 8.86. The number of alkyl halides is 2. The van der Waals surface area contributed by atoms with Crippen molar-refractivity contribution in [3.05, 3.63) is 35.5 Å².